The normalized spacial score (nSPS) is 12.8. The van der Waals surface area contributed by atoms with E-state index in [0.29, 0.717) is 17.5 Å². The number of aromatic nitrogens is 3. The molecule has 0 bridgehead atoms. The van der Waals surface area contributed by atoms with E-state index in [4.69, 9.17) is 15.0 Å². The van der Waals surface area contributed by atoms with Gasteiger partial charge >= 0.3 is 0 Å². The third-order valence-corrected chi connectivity index (χ3v) is 11.3. The Morgan fingerprint density at radius 3 is 1.60 bits per heavy atom. The fourth-order valence-corrected chi connectivity index (χ4v) is 8.91. The Morgan fingerprint density at radius 1 is 0.365 bits per heavy atom. The lowest BCUT2D eigenvalue weighted by Gasteiger charge is -2.34. The zero-order valence-corrected chi connectivity index (χ0v) is 29.0. The van der Waals surface area contributed by atoms with Crippen molar-refractivity contribution in [3.8, 4) is 55.7 Å². The third-order valence-electron chi connectivity index (χ3n) is 10.2. The Hall–Kier alpha value is -6.49. The zero-order chi connectivity index (χ0) is 34.5. The Bertz CT molecular complexity index is 2670. The summed E-state index contributed by atoms with van der Waals surface area (Å²) in [5.74, 6) is 1.97. The van der Waals surface area contributed by atoms with Gasteiger partial charge < -0.3 is 0 Å². The quantitative estimate of drug-likeness (QED) is 0.175. The molecule has 0 spiro atoms. The molecule has 0 saturated carbocycles. The number of hydrogen-bond acceptors (Lipinski definition) is 4. The number of nitrogens with zero attached hydrogens (tertiary/aromatic N) is 3. The number of rotatable bonds is 6. The molecule has 7 aromatic carbocycles. The van der Waals surface area contributed by atoms with Gasteiger partial charge in [0.15, 0.2) is 17.5 Å². The molecule has 0 amide bonds. The van der Waals surface area contributed by atoms with Crippen LogP contribution in [0.2, 0.25) is 0 Å². The maximum absolute atomic E-state index is 5.22. The minimum absolute atomic E-state index is 0.515. The molecular formula is C48H31N3S. The molecule has 0 fully saturated rings. The van der Waals surface area contributed by atoms with Crippen LogP contribution in [-0.4, -0.2) is 15.0 Å². The van der Waals surface area contributed by atoms with E-state index in [1.54, 1.807) is 11.3 Å². The smallest absolute Gasteiger partial charge is 0.174 e. The van der Waals surface area contributed by atoms with Crippen molar-refractivity contribution in [1.29, 1.82) is 0 Å². The molecule has 0 radical (unpaired) electrons. The van der Waals surface area contributed by atoms with Crippen LogP contribution in [0.4, 0.5) is 0 Å². The van der Waals surface area contributed by atoms with Gasteiger partial charge in [-0.05, 0) is 74.2 Å². The molecule has 244 valence electrons. The van der Waals surface area contributed by atoms with Gasteiger partial charge in [0.2, 0.25) is 0 Å². The van der Waals surface area contributed by atoms with Gasteiger partial charge in [-0.1, -0.05) is 164 Å². The molecule has 4 heteroatoms. The van der Waals surface area contributed by atoms with Gasteiger partial charge in [0.05, 0.1) is 10.3 Å². The van der Waals surface area contributed by atoms with Crippen LogP contribution in [0.15, 0.2) is 188 Å². The molecule has 52 heavy (non-hydrogen) atoms. The summed E-state index contributed by atoms with van der Waals surface area (Å²) >= 11 is 1.71. The lowest BCUT2D eigenvalue weighted by atomic mass is 9.67. The first-order valence-corrected chi connectivity index (χ1v) is 18.3. The summed E-state index contributed by atoms with van der Waals surface area (Å²) in [6, 6.07) is 67.0. The molecule has 0 N–H and O–H groups in total. The van der Waals surface area contributed by atoms with Crippen molar-refractivity contribution in [2.24, 2.45) is 0 Å². The molecular weight excluding hydrogens is 651 g/mol. The Labute approximate surface area is 306 Å². The van der Waals surface area contributed by atoms with Crippen molar-refractivity contribution < 1.29 is 0 Å². The molecule has 0 unspecified atom stereocenters. The van der Waals surface area contributed by atoms with E-state index in [2.05, 4.69) is 182 Å². The van der Waals surface area contributed by atoms with E-state index in [-0.39, 0.29) is 0 Å². The van der Waals surface area contributed by atoms with Crippen LogP contribution in [0, 0.1) is 0 Å². The fourth-order valence-electron chi connectivity index (χ4n) is 7.91. The van der Waals surface area contributed by atoms with Crippen molar-refractivity contribution >= 4 is 21.4 Å². The van der Waals surface area contributed by atoms with E-state index in [1.807, 2.05) is 6.07 Å². The summed E-state index contributed by atoms with van der Waals surface area (Å²) in [5.41, 5.74) is 11.1. The van der Waals surface area contributed by atoms with E-state index < -0.39 is 5.41 Å². The summed E-state index contributed by atoms with van der Waals surface area (Å²) in [6.45, 7) is 0. The summed E-state index contributed by atoms with van der Waals surface area (Å²) < 4.78 is 1.21. The van der Waals surface area contributed by atoms with Crippen LogP contribution < -0.4 is 0 Å². The molecule has 9 aromatic rings. The molecule has 0 atom stereocenters. The average molecular weight is 682 g/mol. The van der Waals surface area contributed by atoms with Crippen molar-refractivity contribution in [2.75, 3.05) is 0 Å². The lowest BCUT2D eigenvalue weighted by molar-refractivity contribution is 0.768. The fraction of sp³-hybridized carbons (Fsp3) is 0.0208. The van der Waals surface area contributed by atoms with Crippen LogP contribution in [0.3, 0.4) is 0 Å². The highest BCUT2D eigenvalue weighted by Gasteiger charge is 2.45. The predicted octanol–water partition coefficient (Wildman–Crippen LogP) is 12.1. The van der Waals surface area contributed by atoms with Crippen LogP contribution in [0.1, 0.15) is 22.3 Å². The van der Waals surface area contributed by atoms with E-state index >= 15 is 0 Å². The predicted molar refractivity (Wildman–Crippen MR) is 214 cm³/mol. The Morgan fingerprint density at radius 2 is 0.885 bits per heavy atom. The van der Waals surface area contributed by atoms with Crippen molar-refractivity contribution in [3.05, 3.63) is 210 Å². The van der Waals surface area contributed by atoms with E-state index in [1.165, 1.54) is 43.5 Å². The third kappa shape index (κ3) is 4.91. The van der Waals surface area contributed by atoms with Gasteiger partial charge in [0.1, 0.15) is 0 Å². The molecule has 3 nitrogen and oxygen atoms in total. The summed E-state index contributed by atoms with van der Waals surface area (Å²) in [4.78, 5) is 16.6. The van der Waals surface area contributed by atoms with E-state index in [9.17, 15) is 0 Å². The first-order valence-electron chi connectivity index (χ1n) is 17.5. The van der Waals surface area contributed by atoms with Gasteiger partial charge in [0, 0.05) is 15.8 Å². The monoisotopic (exact) mass is 681 g/mol. The zero-order valence-electron chi connectivity index (χ0n) is 28.1. The molecule has 0 saturated heterocycles. The van der Waals surface area contributed by atoms with Gasteiger partial charge in [-0.25, -0.2) is 15.0 Å². The molecule has 2 aromatic heterocycles. The van der Waals surface area contributed by atoms with Crippen LogP contribution in [0.5, 0.6) is 0 Å². The summed E-state index contributed by atoms with van der Waals surface area (Å²) in [7, 11) is 0. The van der Waals surface area contributed by atoms with Crippen molar-refractivity contribution in [3.63, 3.8) is 0 Å². The molecule has 1 aliphatic rings. The maximum atomic E-state index is 5.22. The lowest BCUT2D eigenvalue weighted by Crippen LogP contribution is -2.28. The topological polar surface area (TPSA) is 38.7 Å². The maximum Gasteiger partial charge on any atom is 0.174 e. The number of thiophene rings is 1. The van der Waals surface area contributed by atoms with Crippen LogP contribution >= 0.6 is 11.3 Å². The number of fused-ring (bicyclic) bond motifs is 4. The average Bonchev–Trinajstić information content (AvgIpc) is 3.80. The molecule has 10 rings (SSSR count). The molecule has 1 aliphatic carbocycles. The first kappa shape index (κ1) is 30.3. The molecule has 0 aliphatic heterocycles. The van der Waals surface area contributed by atoms with Crippen molar-refractivity contribution in [2.45, 2.75) is 5.41 Å². The van der Waals surface area contributed by atoms with Gasteiger partial charge in [0.25, 0.3) is 0 Å². The minimum atomic E-state index is -0.515. The molecule has 2 heterocycles. The van der Waals surface area contributed by atoms with Gasteiger partial charge in [-0.15, -0.1) is 11.3 Å². The SMILES string of the molecule is c1ccc(-c2cccc(-c3nc(-c4cccc(C5(c6ccccc6)c6ccccc6-c6ccccc65)c4)nc(-c4cc5ccccc5s4)n3)c2)cc1. The van der Waals surface area contributed by atoms with Gasteiger partial charge in [-0.2, -0.15) is 0 Å². The largest absolute Gasteiger partial charge is 0.208 e. The Balaban J connectivity index is 1.19. The van der Waals surface area contributed by atoms with E-state index in [0.717, 1.165) is 27.1 Å². The highest BCUT2D eigenvalue weighted by atomic mass is 32.1. The van der Waals surface area contributed by atoms with Crippen molar-refractivity contribution in [1.82, 2.24) is 15.0 Å². The first-order chi connectivity index (χ1) is 25.8. The van der Waals surface area contributed by atoms with Crippen LogP contribution in [0.25, 0.3) is 65.8 Å². The number of benzene rings is 7. The second-order valence-electron chi connectivity index (χ2n) is 13.2. The van der Waals surface area contributed by atoms with Gasteiger partial charge in [-0.3, -0.25) is 0 Å². The second-order valence-corrected chi connectivity index (χ2v) is 14.3. The highest BCUT2D eigenvalue weighted by Crippen LogP contribution is 2.56. The minimum Gasteiger partial charge on any atom is -0.208 e. The highest BCUT2D eigenvalue weighted by molar-refractivity contribution is 7.22. The second kappa shape index (κ2) is 12.4. The van der Waals surface area contributed by atoms with Crippen LogP contribution in [-0.2, 0) is 5.41 Å². The summed E-state index contributed by atoms with van der Waals surface area (Å²) in [6.07, 6.45) is 0. The standard InChI is InChI=1S/C48H31N3S/c1-3-15-32(16-4-1)33-18-13-19-35(29-33)45-49-46(51-47(50-45)44-31-34-17-7-12-28-43(34)52-44)36-20-14-23-38(30-36)48(37-21-5-2-6-22-37)41-26-10-8-24-39(41)40-25-9-11-27-42(40)48/h1-31H. The number of hydrogen-bond donors (Lipinski definition) is 0. The Kier molecular flexibility index (Phi) is 7.22. The summed E-state index contributed by atoms with van der Waals surface area (Å²) in [5, 5.41) is 1.18.